The van der Waals surface area contributed by atoms with Gasteiger partial charge >= 0.3 is 0 Å². The van der Waals surface area contributed by atoms with E-state index in [1.807, 2.05) is 12.1 Å². The predicted octanol–water partition coefficient (Wildman–Crippen LogP) is 4.82. The van der Waals surface area contributed by atoms with Gasteiger partial charge in [-0.2, -0.15) is 4.98 Å². The Morgan fingerprint density at radius 1 is 0.896 bits per heavy atom. The van der Waals surface area contributed by atoms with Crippen molar-refractivity contribution in [3.63, 3.8) is 0 Å². The van der Waals surface area contributed by atoms with Gasteiger partial charge < -0.3 is 30.5 Å². The molecule has 354 valence electrons. The summed E-state index contributed by atoms with van der Waals surface area (Å²) in [5.41, 5.74) is 3.09. The van der Waals surface area contributed by atoms with Gasteiger partial charge in [0.15, 0.2) is 5.82 Å². The normalized spacial score (nSPS) is 18.4. The number of halogens is 1. The van der Waals surface area contributed by atoms with Gasteiger partial charge in [-0.25, -0.2) is 13.4 Å². The fourth-order valence-corrected chi connectivity index (χ4v) is 9.72. The van der Waals surface area contributed by atoms with E-state index in [1.165, 1.54) is 23.6 Å². The van der Waals surface area contributed by atoms with E-state index in [-0.39, 0.29) is 53.0 Å². The third kappa shape index (κ3) is 10.6. The zero-order valence-corrected chi connectivity index (χ0v) is 39.2. The molecule has 8 rings (SSSR count). The number of unbranched alkanes of at least 4 members (excludes halogenated alkanes) is 1. The number of nitrogens with zero attached hydrogens (tertiary/aromatic N) is 7. The van der Waals surface area contributed by atoms with Gasteiger partial charge in [0.1, 0.15) is 16.8 Å². The van der Waals surface area contributed by atoms with E-state index in [4.69, 9.17) is 16.3 Å². The third-order valence-corrected chi connectivity index (χ3v) is 14.3. The van der Waals surface area contributed by atoms with E-state index in [0.29, 0.717) is 41.1 Å². The van der Waals surface area contributed by atoms with Crippen LogP contribution in [0.1, 0.15) is 65.7 Å². The van der Waals surface area contributed by atoms with Gasteiger partial charge in [0.25, 0.3) is 11.8 Å². The Labute approximate surface area is 394 Å². The van der Waals surface area contributed by atoms with Crippen molar-refractivity contribution in [3.05, 3.63) is 83.0 Å². The van der Waals surface area contributed by atoms with Crippen LogP contribution >= 0.6 is 11.6 Å². The molecule has 1 aromatic heterocycles. The van der Waals surface area contributed by atoms with Crippen molar-refractivity contribution in [2.45, 2.75) is 57.0 Å². The Morgan fingerprint density at radius 2 is 1.64 bits per heavy atom. The highest BCUT2D eigenvalue weighted by Gasteiger charge is 2.45. The molecule has 3 aromatic carbocycles. The first-order chi connectivity index (χ1) is 32.2. The maximum absolute atomic E-state index is 13.4. The summed E-state index contributed by atoms with van der Waals surface area (Å²) in [5, 5.41) is 11.7. The number of carbonyl (C=O) groups excluding carboxylic acids is 5. The number of fused-ring (bicyclic) bond motifs is 1. The van der Waals surface area contributed by atoms with Crippen molar-refractivity contribution in [1.29, 1.82) is 0 Å². The van der Waals surface area contributed by atoms with E-state index in [1.54, 1.807) is 43.5 Å². The molecular formula is C46H54ClN11O8S. The molecule has 1 atom stereocenters. The standard InChI is InChI=1S/C46H54ClN11O8S/c1-54(67(3,64)65)36-12-5-4-10-33(36)50-42-32(47)28-48-46(53-42)51-34-15-14-30(27-38(34)66-2)56-21-18-29(19-22-56)57-25-23-55(24-26-57)20-7-6-13-39(59)49-35-11-8-9-31-41(35)45(63)58(44(31)62)37-16-17-40(60)52-43(37)61/h4-5,8-12,14-15,27-29,37H,6-7,13,16-26H2,1-3H3,(H,49,59)(H,52,60,61)(H2,48,50,51,53). The summed E-state index contributed by atoms with van der Waals surface area (Å²) < 4.78 is 31.5. The van der Waals surface area contributed by atoms with Crippen LogP contribution in [0.4, 0.5) is 40.2 Å². The molecule has 0 spiro atoms. The molecule has 0 radical (unpaired) electrons. The topological polar surface area (TPSA) is 219 Å². The number of rotatable bonds is 16. The lowest BCUT2D eigenvalue weighted by atomic mass is 10.0. The Hall–Kier alpha value is -6.35. The third-order valence-electron chi connectivity index (χ3n) is 12.8. The average Bonchev–Trinajstić information content (AvgIpc) is 3.57. The smallest absolute Gasteiger partial charge is 0.264 e. The molecule has 19 nitrogen and oxygen atoms in total. The lowest BCUT2D eigenvalue weighted by Gasteiger charge is -2.43. The minimum Gasteiger partial charge on any atom is -0.494 e. The zero-order chi connectivity index (χ0) is 47.4. The number of imide groups is 2. The number of piperazine rings is 1. The Morgan fingerprint density at radius 3 is 2.37 bits per heavy atom. The van der Waals surface area contributed by atoms with Crippen LogP contribution in [0.3, 0.4) is 0 Å². The molecule has 67 heavy (non-hydrogen) atoms. The summed E-state index contributed by atoms with van der Waals surface area (Å²) in [5.74, 6) is -1.46. The Bertz CT molecular complexity index is 2670. The molecule has 4 aliphatic heterocycles. The second-order valence-corrected chi connectivity index (χ2v) is 19.5. The molecule has 1 unspecified atom stereocenters. The van der Waals surface area contributed by atoms with Gasteiger partial charge in [-0.15, -0.1) is 0 Å². The number of amides is 5. The molecule has 3 fully saturated rings. The summed E-state index contributed by atoms with van der Waals surface area (Å²) in [6.45, 7) is 6.56. The SMILES string of the molecule is COc1cc(N2CCC(N3CCN(CCCCC(=O)Nc4cccc5c4C(=O)N(C4CCC(=O)NC4=O)C5=O)CC3)CC2)ccc1Nc1ncc(Cl)c(Nc2ccccc2N(C)S(C)(=O)=O)n1. The minimum absolute atomic E-state index is 0.0281. The van der Waals surface area contributed by atoms with Crippen LogP contribution < -0.4 is 35.2 Å². The Balaban J connectivity index is 0.767. The van der Waals surface area contributed by atoms with Crippen LogP contribution in [0, 0.1) is 0 Å². The number of nitrogens with one attached hydrogen (secondary N) is 4. The van der Waals surface area contributed by atoms with Gasteiger partial charge in [0, 0.05) is 77.0 Å². The summed E-state index contributed by atoms with van der Waals surface area (Å²) in [7, 11) is -0.419. The number of anilines is 7. The second kappa shape index (κ2) is 20.3. The van der Waals surface area contributed by atoms with E-state index < -0.39 is 39.7 Å². The molecule has 0 bridgehead atoms. The highest BCUT2D eigenvalue weighted by atomic mass is 35.5. The van der Waals surface area contributed by atoms with Crippen LogP contribution in [-0.2, 0) is 24.4 Å². The van der Waals surface area contributed by atoms with Gasteiger partial charge in [0.2, 0.25) is 33.7 Å². The van der Waals surface area contributed by atoms with Crippen LogP contribution in [0.2, 0.25) is 5.02 Å². The number of para-hydroxylation sites is 2. The van der Waals surface area contributed by atoms with E-state index >= 15 is 0 Å². The summed E-state index contributed by atoms with van der Waals surface area (Å²) in [6, 6.07) is 17.1. The number of benzene rings is 3. The van der Waals surface area contributed by atoms with Crippen LogP contribution in [-0.4, -0.2) is 141 Å². The number of hydrogen-bond acceptors (Lipinski definition) is 15. The van der Waals surface area contributed by atoms with Crippen LogP contribution in [0.25, 0.3) is 0 Å². The first-order valence-corrected chi connectivity index (χ1v) is 24.5. The van der Waals surface area contributed by atoms with Crippen molar-refractivity contribution < 1.29 is 37.1 Å². The predicted molar refractivity (Wildman–Crippen MR) is 255 cm³/mol. The molecular weight excluding hydrogens is 902 g/mol. The number of carbonyl (C=O) groups is 5. The van der Waals surface area contributed by atoms with E-state index in [2.05, 4.69) is 52.0 Å². The molecule has 5 amide bonds. The van der Waals surface area contributed by atoms with Crippen molar-refractivity contribution >= 4 is 91.4 Å². The number of methoxy groups -OCH3 is 1. The fourth-order valence-electron chi connectivity index (χ4n) is 9.07. The summed E-state index contributed by atoms with van der Waals surface area (Å²) >= 11 is 6.47. The number of aromatic nitrogens is 2. The lowest BCUT2D eigenvalue weighted by molar-refractivity contribution is -0.136. The van der Waals surface area contributed by atoms with Crippen LogP contribution in [0.5, 0.6) is 5.75 Å². The summed E-state index contributed by atoms with van der Waals surface area (Å²) in [6.07, 6.45) is 6.52. The molecule has 4 aromatic rings. The molecule has 4 N–H and O–H groups in total. The monoisotopic (exact) mass is 955 g/mol. The molecule has 5 heterocycles. The first-order valence-electron chi connectivity index (χ1n) is 22.3. The largest absolute Gasteiger partial charge is 0.494 e. The fraction of sp³-hybridized carbons (Fsp3) is 0.413. The van der Waals surface area contributed by atoms with Crippen molar-refractivity contribution in [3.8, 4) is 5.75 Å². The van der Waals surface area contributed by atoms with Gasteiger partial charge in [0.05, 0.1) is 53.4 Å². The molecule has 0 aliphatic carbocycles. The summed E-state index contributed by atoms with van der Waals surface area (Å²) in [4.78, 5) is 80.9. The van der Waals surface area contributed by atoms with Crippen molar-refractivity contribution in [1.82, 2.24) is 30.0 Å². The van der Waals surface area contributed by atoms with Gasteiger partial charge in [-0.3, -0.25) is 43.4 Å². The van der Waals surface area contributed by atoms with E-state index in [0.717, 1.165) is 81.9 Å². The van der Waals surface area contributed by atoms with Crippen molar-refractivity contribution in [2.24, 2.45) is 0 Å². The van der Waals surface area contributed by atoms with Gasteiger partial charge in [-0.05, 0) is 75.0 Å². The highest BCUT2D eigenvalue weighted by molar-refractivity contribution is 7.92. The average molecular weight is 957 g/mol. The maximum Gasteiger partial charge on any atom is 0.264 e. The number of ether oxygens (including phenoxy) is 1. The minimum atomic E-state index is -3.51. The lowest BCUT2D eigenvalue weighted by Crippen LogP contribution is -2.54. The van der Waals surface area contributed by atoms with Crippen molar-refractivity contribution in [2.75, 3.05) is 91.4 Å². The Kier molecular flexibility index (Phi) is 14.3. The van der Waals surface area contributed by atoms with Gasteiger partial charge in [-0.1, -0.05) is 29.8 Å². The maximum atomic E-state index is 13.4. The zero-order valence-electron chi connectivity index (χ0n) is 37.6. The number of piperidine rings is 2. The quantitative estimate of drug-likeness (QED) is 0.0875. The molecule has 4 aliphatic rings. The number of hydrogen-bond donors (Lipinski definition) is 4. The van der Waals surface area contributed by atoms with E-state index in [9.17, 15) is 32.4 Å². The molecule has 3 saturated heterocycles. The molecule has 0 saturated carbocycles. The molecule has 21 heteroatoms. The first kappa shape index (κ1) is 47.2. The second-order valence-electron chi connectivity index (χ2n) is 17.0. The number of sulfonamides is 1. The highest BCUT2D eigenvalue weighted by Crippen LogP contribution is 2.36. The van der Waals surface area contributed by atoms with Crippen LogP contribution in [0.15, 0.2) is 66.9 Å².